The van der Waals surface area contributed by atoms with Crippen LogP contribution in [0.3, 0.4) is 0 Å². The van der Waals surface area contributed by atoms with Gasteiger partial charge in [0.1, 0.15) is 29.6 Å². The second-order valence-electron chi connectivity index (χ2n) is 13.1. The molecule has 0 spiro atoms. The predicted octanol–water partition coefficient (Wildman–Crippen LogP) is -2.14. The lowest BCUT2D eigenvalue weighted by Crippen LogP contribution is -2.69. The summed E-state index contributed by atoms with van der Waals surface area (Å²) in [5.41, 5.74) is -2.74. The molecule has 17 heteroatoms. The largest absolute Gasteiger partial charge is 0.481 e. The minimum absolute atomic E-state index is 0.187. The van der Waals surface area contributed by atoms with Gasteiger partial charge in [-0.3, -0.25) is 15.0 Å². The number of carboxylic acids is 1. The fourth-order valence-electron chi connectivity index (χ4n) is 6.83. The Hall–Kier alpha value is -2.52. The molecule has 9 unspecified atom stereocenters. The first-order chi connectivity index (χ1) is 23.2. The molecule has 0 aromatic rings. The standard InChI is InChI=1S/C32H50N2O15/c1-3-21-28(48-29-25(46-18-33-2)32(43,44)24(37)23(16-36)47-29)45-17-22(27(40)49-30(41)8-5-4-6-9-30)31(21,42)10-7-19-13-20(26(38)39)15-34(14-19)11-12-35/h3,7,10,17,19-21,23-25,28-29,33,35-37,41-44H,1,4-6,8-9,11-16,18H2,2H3,(H,38,39). The lowest BCUT2D eigenvalue weighted by Gasteiger charge is -2.48. The van der Waals surface area contributed by atoms with Gasteiger partial charge in [-0.05, 0) is 32.2 Å². The zero-order valence-electron chi connectivity index (χ0n) is 27.5. The highest BCUT2D eigenvalue weighted by molar-refractivity contribution is 5.91. The van der Waals surface area contributed by atoms with Gasteiger partial charge in [0.2, 0.25) is 17.9 Å². The van der Waals surface area contributed by atoms with Gasteiger partial charge in [0.25, 0.3) is 0 Å². The van der Waals surface area contributed by atoms with Crippen LogP contribution in [-0.4, -0.2) is 152 Å². The molecular weight excluding hydrogens is 652 g/mol. The summed E-state index contributed by atoms with van der Waals surface area (Å²) in [6.45, 7) is 3.31. The van der Waals surface area contributed by atoms with Gasteiger partial charge in [-0.1, -0.05) is 24.6 Å². The van der Waals surface area contributed by atoms with Gasteiger partial charge in [0.15, 0.2) is 12.4 Å². The number of piperidine rings is 1. The Kier molecular flexibility index (Phi) is 13.4. The van der Waals surface area contributed by atoms with E-state index in [0.717, 1.165) is 12.7 Å². The van der Waals surface area contributed by atoms with Crippen LogP contribution in [0.2, 0.25) is 0 Å². The second-order valence-corrected chi connectivity index (χ2v) is 13.1. The molecule has 3 aliphatic heterocycles. The number of hydrogen-bond acceptors (Lipinski definition) is 16. The van der Waals surface area contributed by atoms with E-state index in [1.807, 2.05) is 0 Å². The molecule has 0 amide bonds. The van der Waals surface area contributed by atoms with Crippen LogP contribution in [0.1, 0.15) is 38.5 Å². The first-order valence-electron chi connectivity index (χ1n) is 16.5. The van der Waals surface area contributed by atoms with Gasteiger partial charge in [0.05, 0.1) is 31.8 Å². The maximum atomic E-state index is 13.7. The maximum absolute atomic E-state index is 13.7. The predicted molar refractivity (Wildman–Crippen MR) is 166 cm³/mol. The number of ether oxygens (including phenoxy) is 5. The van der Waals surface area contributed by atoms with Crippen LogP contribution in [0.4, 0.5) is 0 Å². The number of aliphatic carboxylic acids is 1. The quantitative estimate of drug-likeness (QED) is 0.0532. The summed E-state index contributed by atoms with van der Waals surface area (Å²) in [6, 6.07) is 0. The summed E-state index contributed by atoms with van der Waals surface area (Å²) in [5.74, 6) is -9.45. The number of aliphatic hydroxyl groups excluding tert-OH is 3. The minimum Gasteiger partial charge on any atom is -0.481 e. The molecule has 4 rings (SSSR count). The van der Waals surface area contributed by atoms with Gasteiger partial charge in [-0.15, -0.1) is 6.58 Å². The molecule has 3 fully saturated rings. The summed E-state index contributed by atoms with van der Waals surface area (Å²) >= 11 is 0. The van der Waals surface area contributed by atoms with Crippen molar-refractivity contribution in [2.24, 2.45) is 17.8 Å². The lowest BCUT2D eigenvalue weighted by molar-refractivity contribution is -0.412. The van der Waals surface area contributed by atoms with Crippen LogP contribution >= 0.6 is 0 Å². The fourth-order valence-corrected chi connectivity index (χ4v) is 6.83. The molecule has 2 saturated heterocycles. The van der Waals surface area contributed by atoms with Crippen LogP contribution in [0.25, 0.3) is 0 Å². The van der Waals surface area contributed by atoms with Crippen molar-refractivity contribution < 1.29 is 74.1 Å². The maximum Gasteiger partial charge on any atom is 0.342 e. The molecule has 0 aromatic heterocycles. The van der Waals surface area contributed by atoms with E-state index in [2.05, 4.69) is 11.9 Å². The van der Waals surface area contributed by atoms with E-state index in [1.54, 1.807) is 11.0 Å². The van der Waals surface area contributed by atoms with Crippen molar-refractivity contribution in [1.82, 2.24) is 10.2 Å². The Morgan fingerprint density at radius 3 is 2.45 bits per heavy atom. The molecule has 17 nitrogen and oxygen atoms in total. The number of carbonyl (C=O) groups is 2. The van der Waals surface area contributed by atoms with Crippen LogP contribution in [-0.2, 0) is 33.3 Å². The number of carbonyl (C=O) groups excluding carboxylic acids is 1. The molecular formula is C32H50N2O15. The highest BCUT2D eigenvalue weighted by atomic mass is 16.8. The van der Waals surface area contributed by atoms with Gasteiger partial charge in [-0.25, -0.2) is 4.79 Å². The van der Waals surface area contributed by atoms with E-state index >= 15 is 0 Å². The number of rotatable bonds is 14. The van der Waals surface area contributed by atoms with Gasteiger partial charge in [-0.2, -0.15) is 0 Å². The summed E-state index contributed by atoms with van der Waals surface area (Å²) < 4.78 is 28.4. The number of nitrogens with one attached hydrogen (secondary N) is 1. The molecule has 0 bridgehead atoms. The highest BCUT2D eigenvalue weighted by Gasteiger charge is 2.58. The molecule has 1 aliphatic carbocycles. The molecule has 4 aliphatic rings. The number of aliphatic hydroxyl groups is 7. The Labute approximate surface area is 284 Å². The molecule has 3 heterocycles. The zero-order chi connectivity index (χ0) is 36.0. The summed E-state index contributed by atoms with van der Waals surface area (Å²) in [5, 5.41) is 87.1. The van der Waals surface area contributed by atoms with Crippen molar-refractivity contribution in [1.29, 1.82) is 0 Å². The van der Waals surface area contributed by atoms with Crippen molar-refractivity contribution in [2.75, 3.05) is 46.6 Å². The van der Waals surface area contributed by atoms with Crippen LogP contribution < -0.4 is 5.32 Å². The fraction of sp³-hybridized carbons (Fsp3) is 0.750. The third-order valence-electron chi connectivity index (χ3n) is 9.51. The number of esters is 1. The van der Waals surface area contributed by atoms with Crippen molar-refractivity contribution in [3.8, 4) is 0 Å². The summed E-state index contributed by atoms with van der Waals surface area (Å²) in [7, 11) is 1.51. The smallest absolute Gasteiger partial charge is 0.342 e. The van der Waals surface area contributed by atoms with E-state index in [0.29, 0.717) is 19.4 Å². The van der Waals surface area contributed by atoms with E-state index < -0.39 is 89.9 Å². The van der Waals surface area contributed by atoms with Crippen molar-refractivity contribution in [2.45, 2.75) is 86.6 Å². The molecule has 9 N–H and O–H groups in total. The van der Waals surface area contributed by atoms with Gasteiger partial charge < -0.3 is 64.5 Å². The summed E-state index contributed by atoms with van der Waals surface area (Å²) in [6.07, 6.45) is -1.03. The summed E-state index contributed by atoms with van der Waals surface area (Å²) in [4.78, 5) is 27.4. The molecule has 0 aromatic carbocycles. The zero-order valence-corrected chi connectivity index (χ0v) is 27.5. The van der Waals surface area contributed by atoms with E-state index in [9.17, 15) is 50.4 Å². The Balaban J connectivity index is 1.70. The number of β-amino-alcohol motifs (C(OH)–C–C–N with tert-alkyl or cyclic N) is 1. The molecule has 49 heavy (non-hydrogen) atoms. The number of hydrogen-bond donors (Lipinski definition) is 9. The van der Waals surface area contributed by atoms with E-state index in [-0.39, 0.29) is 45.7 Å². The van der Waals surface area contributed by atoms with Gasteiger partial charge >= 0.3 is 11.9 Å². The third-order valence-corrected chi connectivity index (χ3v) is 9.51. The normalized spacial score (nSPS) is 36.4. The number of likely N-dealkylation sites (tertiary alicyclic amines) is 1. The topological polar surface area (TPSA) is 257 Å². The van der Waals surface area contributed by atoms with E-state index in [1.165, 1.54) is 19.2 Å². The average molecular weight is 703 g/mol. The van der Waals surface area contributed by atoms with Crippen molar-refractivity contribution in [3.63, 3.8) is 0 Å². The monoisotopic (exact) mass is 702 g/mol. The molecule has 0 radical (unpaired) electrons. The molecule has 9 atom stereocenters. The SMILES string of the molecule is C=CC1C(OC2OC(CO)C(O)C(O)(O)C2OCNC)OC=C(C(=O)OC2(O)CCCCC2)C1(O)C=CC1CC(C(=O)O)CN(CCO)C1. The average Bonchev–Trinajstić information content (AvgIpc) is 3.05. The van der Waals surface area contributed by atoms with Crippen LogP contribution in [0, 0.1) is 17.8 Å². The van der Waals surface area contributed by atoms with Crippen LogP contribution in [0.15, 0.2) is 36.6 Å². The van der Waals surface area contributed by atoms with Crippen molar-refractivity contribution in [3.05, 3.63) is 36.6 Å². The Morgan fingerprint density at radius 2 is 1.84 bits per heavy atom. The van der Waals surface area contributed by atoms with E-state index in [4.69, 9.17) is 23.7 Å². The van der Waals surface area contributed by atoms with Crippen LogP contribution in [0.5, 0.6) is 0 Å². The Bertz CT molecular complexity index is 1210. The van der Waals surface area contributed by atoms with Crippen molar-refractivity contribution >= 4 is 11.9 Å². The van der Waals surface area contributed by atoms with Gasteiger partial charge in [0, 0.05) is 32.5 Å². The second kappa shape index (κ2) is 16.7. The highest BCUT2D eigenvalue weighted by Crippen LogP contribution is 2.42. The third kappa shape index (κ3) is 8.87. The number of carboxylic acid groups (broad SMARTS) is 1. The minimum atomic E-state index is -2.98. The first kappa shape index (κ1) is 39.3. The first-order valence-corrected chi connectivity index (χ1v) is 16.5. The Morgan fingerprint density at radius 1 is 1.12 bits per heavy atom. The lowest BCUT2D eigenvalue weighted by atomic mass is 9.77. The number of nitrogens with zero attached hydrogens (tertiary/aromatic N) is 1. The molecule has 278 valence electrons. The molecule has 1 saturated carbocycles.